The predicted molar refractivity (Wildman–Crippen MR) is 85.3 cm³/mol. The Kier molecular flexibility index (Phi) is 2.86. The Balaban J connectivity index is 1.90. The van der Waals surface area contributed by atoms with E-state index in [-0.39, 0.29) is 0 Å². The molecule has 0 bridgehead atoms. The van der Waals surface area contributed by atoms with Crippen LogP contribution in [0, 0.1) is 6.92 Å². The topological polar surface area (TPSA) is 47.7 Å². The molecular weight excluding hydrogens is 260 g/mol. The van der Waals surface area contributed by atoms with Crippen molar-refractivity contribution in [3.8, 4) is 11.3 Å². The molecule has 1 aliphatic rings. The second-order valence-electron chi connectivity index (χ2n) is 5.82. The molecule has 0 fully saturated rings. The van der Waals surface area contributed by atoms with E-state index in [4.69, 9.17) is 0 Å². The molecule has 3 aromatic rings. The Morgan fingerprint density at radius 2 is 2.14 bits per heavy atom. The average Bonchev–Trinajstić information content (AvgIpc) is 3.06. The van der Waals surface area contributed by atoms with Crippen molar-refractivity contribution in [3.63, 3.8) is 0 Å². The van der Waals surface area contributed by atoms with Crippen molar-refractivity contribution in [1.82, 2.24) is 20.1 Å². The van der Waals surface area contributed by atoms with Crippen LogP contribution in [0.2, 0.25) is 0 Å². The first-order valence-corrected chi connectivity index (χ1v) is 7.64. The van der Waals surface area contributed by atoms with Gasteiger partial charge in [-0.1, -0.05) is 25.1 Å². The highest BCUT2D eigenvalue weighted by Gasteiger charge is 2.24. The summed E-state index contributed by atoms with van der Waals surface area (Å²) in [6.07, 6.45) is 1.07. The standard InChI is InChI=1S/C17H20N4/c1-3-21-9-8-15-13(10-21)17(20-19-15)16-11(2)18-14-7-5-4-6-12(14)16/h4-7,18H,3,8-10H2,1-2H3,(H,19,20). The monoisotopic (exact) mass is 280 g/mol. The summed E-state index contributed by atoms with van der Waals surface area (Å²) in [5.74, 6) is 0. The third-order valence-corrected chi connectivity index (χ3v) is 4.59. The molecule has 4 rings (SSSR count). The van der Waals surface area contributed by atoms with Gasteiger partial charge in [-0.05, 0) is 19.5 Å². The van der Waals surface area contributed by atoms with Crippen LogP contribution in [-0.2, 0) is 13.0 Å². The Labute approximate surface area is 124 Å². The second-order valence-corrected chi connectivity index (χ2v) is 5.82. The zero-order valence-corrected chi connectivity index (χ0v) is 12.5. The SMILES string of the molecule is CCN1CCc2[nH]nc(-c3c(C)[nH]c4ccccc34)c2C1. The summed E-state index contributed by atoms with van der Waals surface area (Å²) < 4.78 is 0. The molecule has 0 radical (unpaired) electrons. The number of fused-ring (bicyclic) bond motifs is 2. The molecule has 0 saturated heterocycles. The molecule has 0 atom stereocenters. The highest BCUT2D eigenvalue weighted by atomic mass is 15.2. The van der Waals surface area contributed by atoms with E-state index in [1.165, 1.54) is 33.4 Å². The first kappa shape index (κ1) is 12.7. The third kappa shape index (κ3) is 1.90. The number of hydrogen-bond acceptors (Lipinski definition) is 2. The van der Waals surface area contributed by atoms with E-state index in [1.54, 1.807) is 0 Å². The van der Waals surface area contributed by atoms with Crippen LogP contribution in [0.15, 0.2) is 24.3 Å². The molecule has 2 aromatic heterocycles. The van der Waals surface area contributed by atoms with E-state index in [0.29, 0.717) is 0 Å². The molecule has 4 heteroatoms. The molecule has 108 valence electrons. The second kappa shape index (κ2) is 4.74. The maximum absolute atomic E-state index is 4.65. The van der Waals surface area contributed by atoms with E-state index >= 15 is 0 Å². The lowest BCUT2D eigenvalue weighted by Crippen LogP contribution is -2.30. The molecule has 3 heterocycles. The Morgan fingerprint density at radius 3 is 3.00 bits per heavy atom. The lowest BCUT2D eigenvalue weighted by atomic mass is 9.99. The van der Waals surface area contributed by atoms with Gasteiger partial charge in [0.1, 0.15) is 0 Å². The van der Waals surface area contributed by atoms with Crippen LogP contribution in [0.1, 0.15) is 23.9 Å². The number of nitrogens with one attached hydrogen (secondary N) is 2. The molecule has 21 heavy (non-hydrogen) atoms. The number of aryl methyl sites for hydroxylation is 1. The van der Waals surface area contributed by atoms with Gasteiger partial charge in [-0.2, -0.15) is 5.10 Å². The van der Waals surface area contributed by atoms with Crippen molar-refractivity contribution in [2.45, 2.75) is 26.8 Å². The summed E-state index contributed by atoms with van der Waals surface area (Å²) >= 11 is 0. The lowest BCUT2D eigenvalue weighted by molar-refractivity contribution is 0.267. The van der Waals surface area contributed by atoms with Crippen LogP contribution in [0.5, 0.6) is 0 Å². The van der Waals surface area contributed by atoms with Crippen molar-refractivity contribution < 1.29 is 0 Å². The highest BCUT2D eigenvalue weighted by molar-refractivity contribution is 5.97. The lowest BCUT2D eigenvalue weighted by Gasteiger charge is -2.25. The van der Waals surface area contributed by atoms with Crippen molar-refractivity contribution in [2.24, 2.45) is 0 Å². The molecule has 0 unspecified atom stereocenters. The first-order chi connectivity index (χ1) is 10.3. The molecule has 1 aliphatic heterocycles. The van der Waals surface area contributed by atoms with Crippen LogP contribution < -0.4 is 0 Å². The summed E-state index contributed by atoms with van der Waals surface area (Å²) in [7, 11) is 0. The normalized spacial score (nSPS) is 15.5. The maximum Gasteiger partial charge on any atom is 0.0992 e. The molecule has 0 saturated carbocycles. The van der Waals surface area contributed by atoms with Crippen molar-refractivity contribution in [2.75, 3.05) is 13.1 Å². The summed E-state index contributed by atoms with van der Waals surface area (Å²) in [5.41, 5.74) is 7.43. The van der Waals surface area contributed by atoms with Crippen LogP contribution >= 0.6 is 0 Å². The Bertz CT molecular complexity index is 796. The molecule has 0 spiro atoms. The average molecular weight is 280 g/mol. The summed E-state index contributed by atoms with van der Waals surface area (Å²) in [4.78, 5) is 5.96. The number of hydrogen-bond donors (Lipinski definition) is 2. The maximum atomic E-state index is 4.65. The van der Waals surface area contributed by atoms with Gasteiger partial charge in [0.25, 0.3) is 0 Å². The molecule has 4 nitrogen and oxygen atoms in total. The number of rotatable bonds is 2. The fraction of sp³-hybridized carbons (Fsp3) is 0.353. The molecule has 0 amide bonds. The highest BCUT2D eigenvalue weighted by Crippen LogP contribution is 2.35. The smallest absolute Gasteiger partial charge is 0.0992 e. The van der Waals surface area contributed by atoms with Gasteiger partial charge in [0.15, 0.2) is 0 Å². The number of benzene rings is 1. The van der Waals surface area contributed by atoms with Crippen LogP contribution in [0.3, 0.4) is 0 Å². The fourth-order valence-electron chi connectivity index (χ4n) is 3.41. The van der Waals surface area contributed by atoms with Crippen molar-refractivity contribution >= 4 is 10.9 Å². The fourth-order valence-corrected chi connectivity index (χ4v) is 3.41. The van der Waals surface area contributed by atoms with Gasteiger partial charge in [0.05, 0.1) is 5.69 Å². The number of H-pyrrole nitrogens is 2. The summed E-state index contributed by atoms with van der Waals surface area (Å²) in [6, 6.07) is 8.47. The molecule has 2 N–H and O–H groups in total. The summed E-state index contributed by atoms with van der Waals surface area (Å²) in [5, 5.41) is 9.17. The van der Waals surface area contributed by atoms with Gasteiger partial charge in [-0.25, -0.2) is 0 Å². The number of nitrogens with zero attached hydrogens (tertiary/aromatic N) is 2. The minimum Gasteiger partial charge on any atom is -0.358 e. The van der Waals surface area contributed by atoms with Crippen LogP contribution in [-0.4, -0.2) is 33.2 Å². The summed E-state index contributed by atoms with van der Waals surface area (Å²) in [6.45, 7) is 7.57. The molecule has 1 aromatic carbocycles. The van der Waals surface area contributed by atoms with Crippen molar-refractivity contribution in [3.05, 3.63) is 41.2 Å². The first-order valence-electron chi connectivity index (χ1n) is 7.64. The van der Waals surface area contributed by atoms with E-state index in [9.17, 15) is 0 Å². The van der Waals surface area contributed by atoms with Crippen LogP contribution in [0.4, 0.5) is 0 Å². The molecule has 0 aliphatic carbocycles. The number of likely N-dealkylation sites (N-methyl/N-ethyl adjacent to an activating group) is 1. The van der Waals surface area contributed by atoms with E-state index in [2.05, 4.69) is 58.2 Å². The zero-order valence-electron chi connectivity index (χ0n) is 12.5. The van der Waals surface area contributed by atoms with E-state index in [1.807, 2.05) is 0 Å². The van der Waals surface area contributed by atoms with Gasteiger partial charge in [0.2, 0.25) is 0 Å². The predicted octanol–water partition coefficient (Wildman–Crippen LogP) is 3.24. The number of aromatic nitrogens is 3. The minimum absolute atomic E-state index is 0.997. The third-order valence-electron chi connectivity index (χ3n) is 4.59. The number of aromatic amines is 2. The van der Waals surface area contributed by atoms with Gasteiger partial charge in [0, 0.05) is 52.9 Å². The number of para-hydroxylation sites is 1. The van der Waals surface area contributed by atoms with E-state index < -0.39 is 0 Å². The largest absolute Gasteiger partial charge is 0.358 e. The van der Waals surface area contributed by atoms with Crippen molar-refractivity contribution in [1.29, 1.82) is 0 Å². The molecular formula is C17H20N4. The minimum atomic E-state index is 0.997. The van der Waals surface area contributed by atoms with Gasteiger partial charge < -0.3 is 4.98 Å². The Hall–Kier alpha value is -2.07. The zero-order chi connectivity index (χ0) is 14.4. The van der Waals surface area contributed by atoms with E-state index in [0.717, 1.165) is 31.7 Å². The quantitative estimate of drug-likeness (QED) is 0.757. The van der Waals surface area contributed by atoms with Crippen LogP contribution in [0.25, 0.3) is 22.2 Å². The Morgan fingerprint density at radius 1 is 1.29 bits per heavy atom. The van der Waals surface area contributed by atoms with Gasteiger partial charge >= 0.3 is 0 Å². The van der Waals surface area contributed by atoms with Gasteiger partial charge in [-0.3, -0.25) is 10.00 Å². The van der Waals surface area contributed by atoms with Gasteiger partial charge in [-0.15, -0.1) is 0 Å².